The molecule has 4 nitrogen and oxygen atoms in total. The van der Waals surface area contributed by atoms with E-state index in [2.05, 4.69) is 0 Å². The number of carbonyl (C=O) groups is 2. The highest BCUT2D eigenvalue weighted by molar-refractivity contribution is 5.74. The van der Waals surface area contributed by atoms with Crippen molar-refractivity contribution in [2.45, 2.75) is 33.1 Å². The quantitative estimate of drug-likeness (QED) is 0.630. The first-order chi connectivity index (χ1) is 8.00. The van der Waals surface area contributed by atoms with E-state index >= 15 is 0 Å². The standard InChI is InChI=1S/C13H16O4/c1-9-5-3-6-10(2)13(9)17-12(16)8-4-7-11(14)15/h3,5-6H,4,7-8H2,1-2H3,(H,14,15). The van der Waals surface area contributed by atoms with Gasteiger partial charge >= 0.3 is 11.9 Å². The number of hydrogen-bond acceptors (Lipinski definition) is 3. The molecule has 0 aliphatic rings. The lowest BCUT2D eigenvalue weighted by Crippen LogP contribution is -2.10. The number of aryl methyl sites for hydroxylation is 2. The molecule has 17 heavy (non-hydrogen) atoms. The SMILES string of the molecule is Cc1cccc(C)c1OC(=O)CCCC(=O)O. The molecule has 1 N–H and O–H groups in total. The van der Waals surface area contributed by atoms with Crippen LogP contribution >= 0.6 is 0 Å². The largest absolute Gasteiger partial charge is 0.481 e. The van der Waals surface area contributed by atoms with Gasteiger partial charge in [0.1, 0.15) is 5.75 Å². The highest BCUT2D eigenvalue weighted by Crippen LogP contribution is 2.22. The molecule has 0 atom stereocenters. The monoisotopic (exact) mass is 236 g/mol. The van der Waals surface area contributed by atoms with E-state index in [-0.39, 0.29) is 18.8 Å². The topological polar surface area (TPSA) is 63.6 Å². The lowest BCUT2D eigenvalue weighted by atomic mass is 10.1. The number of carboxylic acid groups (broad SMARTS) is 1. The molecular weight excluding hydrogens is 220 g/mol. The maximum atomic E-state index is 11.5. The van der Waals surface area contributed by atoms with Gasteiger partial charge in [0, 0.05) is 12.8 Å². The van der Waals surface area contributed by atoms with Gasteiger partial charge in [0.05, 0.1) is 0 Å². The number of ether oxygens (including phenoxy) is 1. The van der Waals surface area contributed by atoms with Crippen LogP contribution in [0.4, 0.5) is 0 Å². The summed E-state index contributed by atoms with van der Waals surface area (Å²) in [5, 5.41) is 8.45. The van der Waals surface area contributed by atoms with Gasteiger partial charge in [-0.15, -0.1) is 0 Å². The van der Waals surface area contributed by atoms with Gasteiger partial charge in [0.25, 0.3) is 0 Å². The average Bonchev–Trinajstić information content (AvgIpc) is 2.23. The van der Waals surface area contributed by atoms with Crippen LogP contribution in [0.5, 0.6) is 5.75 Å². The Balaban J connectivity index is 2.53. The summed E-state index contributed by atoms with van der Waals surface area (Å²) >= 11 is 0. The fraction of sp³-hybridized carbons (Fsp3) is 0.385. The molecule has 0 saturated carbocycles. The Kier molecular flexibility index (Phi) is 4.69. The molecule has 1 rings (SSSR count). The van der Waals surface area contributed by atoms with Crippen molar-refractivity contribution < 1.29 is 19.4 Å². The second kappa shape index (κ2) is 6.03. The Morgan fingerprint density at radius 3 is 2.29 bits per heavy atom. The average molecular weight is 236 g/mol. The van der Waals surface area contributed by atoms with Crippen molar-refractivity contribution in [1.29, 1.82) is 0 Å². The van der Waals surface area contributed by atoms with Crippen molar-refractivity contribution in [1.82, 2.24) is 0 Å². The highest BCUT2D eigenvalue weighted by Gasteiger charge is 2.10. The van der Waals surface area contributed by atoms with E-state index in [1.165, 1.54) is 0 Å². The van der Waals surface area contributed by atoms with Crippen LogP contribution in [0.3, 0.4) is 0 Å². The molecule has 4 heteroatoms. The van der Waals surface area contributed by atoms with Crippen LogP contribution in [0.1, 0.15) is 30.4 Å². The zero-order valence-electron chi connectivity index (χ0n) is 10.0. The van der Waals surface area contributed by atoms with Crippen LogP contribution in [0.25, 0.3) is 0 Å². The highest BCUT2D eigenvalue weighted by atomic mass is 16.5. The number of para-hydroxylation sites is 1. The Hall–Kier alpha value is -1.84. The molecule has 0 amide bonds. The summed E-state index contributed by atoms with van der Waals surface area (Å²) in [6, 6.07) is 5.63. The van der Waals surface area contributed by atoms with Gasteiger partial charge in [0.2, 0.25) is 0 Å². The number of esters is 1. The Bertz CT molecular complexity index is 403. The number of rotatable bonds is 5. The van der Waals surface area contributed by atoms with Crippen molar-refractivity contribution >= 4 is 11.9 Å². The Morgan fingerprint density at radius 1 is 1.18 bits per heavy atom. The summed E-state index contributed by atoms with van der Waals surface area (Å²) in [6.07, 6.45) is 0.418. The fourth-order valence-corrected chi connectivity index (χ4v) is 1.51. The van der Waals surface area contributed by atoms with E-state index in [0.29, 0.717) is 12.2 Å². The molecular formula is C13H16O4. The first-order valence-electron chi connectivity index (χ1n) is 5.49. The molecule has 0 saturated heterocycles. The molecule has 1 aromatic rings. The summed E-state index contributed by atoms with van der Waals surface area (Å²) in [5.41, 5.74) is 1.80. The van der Waals surface area contributed by atoms with Crippen LogP contribution in [0.15, 0.2) is 18.2 Å². The summed E-state index contributed by atoms with van der Waals surface area (Å²) in [5.74, 6) is -0.707. The summed E-state index contributed by atoms with van der Waals surface area (Å²) in [6.45, 7) is 3.74. The van der Waals surface area contributed by atoms with Crippen LogP contribution in [0.2, 0.25) is 0 Å². The minimum atomic E-state index is -0.898. The number of benzene rings is 1. The molecule has 0 radical (unpaired) electrons. The van der Waals surface area contributed by atoms with E-state index in [4.69, 9.17) is 9.84 Å². The third-order valence-corrected chi connectivity index (χ3v) is 2.40. The summed E-state index contributed by atoms with van der Waals surface area (Å²) in [4.78, 5) is 21.8. The molecule has 0 spiro atoms. The van der Waals surface area contributed by atoms with Gasteiger partial charge in [-0.2, -0.15) is 0 Å². The smallest absolute Gasteiger partial charge is 0.311 e. The third-order valence-electron chi connectivity index (χ3n) is 2.40. The minimum Gasteiger partial charge on any atom is -0.481 e. The summed E-state index contributed by atoms with van der Waals surface area (Å²) in [7, 11) is 0. The van der Waals surface area contributed by atoms with Crippen molar-refractivity contribution in [3.05, 3.63) is 29.3 Å². The molecule has 0 aromatic heterocycles. The molecule has 0 aliphatic heterocycles. The van der Waals surface area contributed by atoms with E-state index in [9.17, 15) is 9.59 Å². The Morgan fingerprint density at radius 2 is 1.76 bits per heavy atom. The molecule has 0 unspecified atom stereocenters. The van der Waals surface area contributed by atoms with Crippen LogP contribution in [-0.2, 0) is 9.59 Å². The zero-order valence-corrected chi connectivity index (χ0v) is 10.0. The zero-order chi connectivity index (χ0) is 12.8. The summed E-state index contributed by atoms with van der Waals surface area (Å²) < 4.78 is 5.23. The van der Waals surface area contributed by atoms with Crippen molar-refractivity contribution in [2.24, 2.45) is 0 Å². The van der Waals surface area contributed by atoms with Gasteiger partial charge in [-0.1, -0.05) is 18.2 Å². The van der Waals surface area contributed by atoms with Gasteiger partial charge < -0.3 is 9.84 Å². The van der Waals surface area contributed by atoms with Gasteiger partial charge in [-0.05, 0) is 31.4 Å². The van der Waals surface area contributed by atoms with Crippen molar-refractivity contribution in [2.75, 3.05) is 0 Å². The predicted octanol–water partition coefficient (Wildman–Crippen LogP) is 2.46. The van der Waals surface area contributed by atoms with Gasteiger partial charge in [0.15, 0.2) is 0 Å². The number of aliphatic carboxylic acids is 1. The molecule has 0 fully saturated rings. The third kappa shape index (κ3) is 4.26. The predicted molar refractivity (Wildman–Crippen MR) is 63.0 cm³/mol. The normalized spacial score (nSPS) is 10.0. The Labute approximate surface area is 100 Å². The number of carboxylic acids is 1. The second-order valence-corrected chi connectivity index (χ2v) is 3.94. The van der Waals surface area contributed by atoms with E-state index < -0.39 is 5.97 Å². The molecule has 1 aromatic carbocycles. The molecule has 0 heterocycles. The molecule has 92 valence electrons. The number of carbonyl (C=O) groups excluding carboxylic acids is 1. The molecule has 0 bridgehead atoms. The lowest BCUT2D eigenvalue weighted by molar-refractivity contribution is -0.137. The van der Waals surface area contributed by atoms with Gasteiger partial charge in [-0.25, -0.2) is 0 Å². The lowest BCUT2D eigenvalue weighted by Gasteiger charge is -2.09. The van der Waals surface area contributed by atoms with E-state index in [0.717, 1.165) is 11.1 Å². The first-order valence-corrected chi connectivity index (χ1v) is 5.49. The first kappa shape index (κ1) is 13.2. The van der Waals surface area contributed by atoms with Crippen LogP contribution in [0, 0.1) is 13.8 Å². The van der Waals surface area contributed by atoms with Crippen LogP contribution in [-0.4, -0.2) is 17.0 Å². The second-order valence-electron chi connectivity index (χ2n) is 3.94. The van der Waals surface area contributed by atoms with Crippen LogP contribution < -0.4 is 4.74 Å². The van der Waals surface area contributed by atoms with Crippen molar-refractivity contribution in [3.63, 3.8) is 0 Å². The van der Waals surface area contributed by atoms with E-state index in [1.54, 1.807) is 0 Å². The van der Waals surface area contributed by atoms with Gasteiger partial charge in [-0.3, -0.25) is 9.59 Å². The fourth-order valence-electron chi connectivity index (χ4n) is 1.51. The molecule has 0 aliphatic carbocycles. The van der Waals surface area contributed by atoms with E-state index in [1.807, 2.05) is 32.0 Å². The minimum absolute atomic E-state index is 0.0120. The maximum Gasteiger partial charge on any atom is 0.311 e. The number of hydrogen-bond donors (Lipinski definition) is 1. The maximum absolute atomic E-state index is 11.5. The van der Waals surface area contributed by atoms with Crippen molar-refractivity contribution in [3.8, 4) is 5.75 Å².